The van der Waals surface area contributed by atoms with Crippen molar-refractivity contribution < 1.29 is 101 Å². The molecule has 0 radical (unpaired) electrons. The van der Waals surface area contributed by atoms with Crippen molar-refractivity contribution in [2.24, 2.45) is 11.7 Å². The minimum absolute atomic E-state index is 0.00800. The molecule has 3 aliphatic heterocycles. The summed E-state index contributed by atoms with van der Waals surface area (Å²) in [6, 6.07) is -2.86. The van der Waals surface area contributed by atoms with E-state index in [1.807, 2.05) is 0 Å². The molecule has 30 heteroatoms. The number of hydrogen-bond donors (Lipinski definition) is 15. The second-order valence-electron chi connectivity index (χ2n) is 17.4. The van der Waals surface area contributed by atoms with E-state index >= 15 is 0 Å². The number of aliphatic hydroxyl groups excluding tert-OH is 7. The third-order valence-electron chi connectivity index (χ3n) is 11.9. The number of phenols is 1. The van der Waals surface area contributed by atoms with Crippen molar-refractivity contribution in [3.8, 4) is 17.2 Å². The van der Waals surface area contributed by atoms with Gasteiger partial charge in [-0.25, -0.2) is 4.79 Å². The van der Waals surface area contributed by atoms with E-state index in [2.05, 4.69) is 30.8 Å². The minimum atomic E-state index is -5.32. The van der Waals surface area contributed by atoms with Crippen LogP contribution in [0.25, 0.3) is 0 Å². The normalized spacial score (nSPS) is 28.9. The molecule has 3 saturated heterocycles. The first-order valence-corrected chi connectivity index (χ1v) is 23.4. The summed E-state index contributed by atoms with van der Waals surface area (Å²) in [5.41, 5.74) is 4.73. The molecule has 3 aliphatic rings. The van der Waals surface area contributed by atoms with Crippen LogP contribution in [-0.2, 0) is 44.0 Å². The molecule has 29 nitrogen and oxygen atoms in total. The van der Waals surface area contributed by atoms with Crippen molar-refractivity contribution >= 4 is 57.8 Å². The standard InChI is InChI=1S/C42H56N8O21S/c1-17-15-50-32(33(17)57)39(63)44-14-20(52)11-23(45-42(66)70-22-6-4-3-5-7-22)36(60)46-29(18(2)51)40(64)49-16-21(53)12-24(49)37(61)48-31(38(62)47-30(41(50)65)26(55)13-28(43)56)35(59)34(58)19-8-9-25(54)27(10-19)71-72(67,68)69/h3-10,17-18,20-21,23-24,26,29-35,51-55,57-59H,11-16H2,1-2H3,(H2,43,56)(H,44,63)(H,45,66)(H,46,60)(H,47,62)(H,48,61)(H,67,68,69)/t17-,18+,20+,21+,23-,24?,26+,29?,30?,31?,32?,33-,34-,35-/m0/s1. The van der Waals surface area contributed by atoms with E-state index in [0.717, 1.165) is 19.1 Å². The third-order valence-corrected chi connectivity index (χ3v) is 12.3. The molecule has 0 saturated carbocycles. The quantitative estimate of drug-likeness (QED) is 0.0930. The molecule has 3 heterocycles. The SMILES string of the molecule is C[C@@H](O)C1NC(=O)[C@@H](NC(=O)Oc2ccccc2)C[C@@H](O)CNC(=O)C2[C@@H](O)[C@@H](C)CN2C(=O)C([C@H](O)CC(N)=O)NC(=O)C([C@H](O)[C@@H](O)c2ccc(O)c(OS(=O)(=O)O)c2)NC(=O)C2C[C@@H](O)CN2C1=O. The number of primary amides is 1. The van der Waals surface area contributed by atoms with Gasteiger partial charge < -0.3 is 91.9 Å². The summed E-state index contributed by atoms with van der Waals surface area (Å²) >= 11 is 0. The van der Waals surface area contributed by atoms with Crippen LogP contribution < -0.4 is 41.2 Å². The Morgan fingerprint density at radius 3 is 2.07 bits per heavy atom. The van der Waals surface area contributed by atoms with Gasteiger partial charge >= 0.3 is 16.5 Å². The van der Waals surface area contributed by atoms with Gasteiger partial charge in [0.05, 0.1) is 36.9 Å². The zero-order valence-electron chi connectivity index (χ0n) is 38.2. The molecule has 396 valence electrons. The maximum atomic E-state index is 14.5. The lowest BCUT2D eigenvalue weighted by atomic mass is 9.96. The fraction of sp³-hybridized carbons (Fsp3) is 0.524. The Bertz CT molecular complexity index is 2470. The number of benzene rings is 2. The molecule has 0 aromatic heterocycles. The van der Waals surface area contributed by atoms with Crippen LogP contribution >= 0.6 is 0 Å². The van der Waals surface area contributed by atoms with Gasteiger partial charge in [0.2, 0.25) is 41.4 Å². The number of β-amino-alcohol motifs (C(OH)–C–C–N with tert-alkyl or cyclic N) is 1. The minimum Gasteiger partial charge on any atom is -0.504 e. The van der Waals surface area contributed by atoms with Gasteiger partial charge in [0.15, 0.2) is 11.5 Å². The Kier molecular flexibility index (Phi) is 18.4. The average Bonchev–Trinajstić information content (AvgIpc) is 3.84. The summed E-state index contributed by atoms with van der Waals surface area (Å²) in [5, 5.41) is 99.5. The fourth-order valence-corrected chi connectivity index (χ4v) is 8.61. The van der Waals surface area contributed by atoms with Crippen molar-refractivity contribution in [1.29, 1.82) is 0 Å². The van der Waals surface area contributed by atoms with Crippen LogP contribution in [0.4, 0.5) is 4.79 Å². The maximum Gasteiger partial charge on any atom is 0.446 e. The number of para-hydroxylation sites is 1. The molecule has 8 amide bonds. The second-order valence-corrected chi connectivity index (χ2v) is 18.5. The largest absolute Gasteiger partial charge is 0.504 e. The van der Waals surface area contributed by atoms with Crippen molar-refractivity contribution in [1.82, 2.24) is 36.4 Å². The number of nitrogens with two attached hydrogens (primary N) is 1. The number of nitrogens with one attached hydrogen (secondary N) is 5. The van der Waals surface area contributed by atoms with Gasteiger partial charge in [0.1, 0.15) is 54.2 Å². The van der Waals surface area contributed by atoms with Crippen molar-refractivity contribution in [3.63, 3.8) is 0 Å². The summed E-state index contributed by atoms with van der Waals surface area (Å²) in [6.45, 7) is 0.543. The van der Waals surface area contributed by atoms with Crippen molar-refractivity contribution in [2.45, 2.75) is 112 Å². The molecule has 2 aromatic carbocycles. The van der Waals surface area contributed by atoms with Crippen LogP contribution in [0.3, 0.4) is 0 Å². The monoisotopic (exact) mass is 1040 g/mol. The predicted octanol–water partition coefficient (Wildman–Crippen LogP) is -6.75. The molecule has 5 rings (SSSR count). The van der Waals surface area contributed by atoms with E-state index < -0.39 is 199 Å². The van der Waals surface area contributed by atoms with E-state index in [4.69, 9.17) is 10.5 Å². The van der Waals surface area contributed by atoms with Gasteiger partial charge in [-0.05, 0) is 36.8 Å². The van der Waals surface area contributed by atoms with Crippen molar-refractivity contribution in [2.75, 3.05) is 19.6 Å². The van der Waals surface area contributed by atoms with Crippen LogP contribution in [0.2, 0.25) is 0 Å². The summed E-state index contributed by atoms with van der Waals surface area (Å²) in [7, 11) is -5.32. The van der Waals surface area contributed by atoms with E-state index in [0.29, 0.717) is 15.9 Å². The lowest BCUT2D eigenvalue weighted by molar-refractivity contribution is -0.148. The first-order chi connectivity index (χ1) is 33.7. The highest BCUT2D eigenvalue weighted by Gasteiger charge is 2.50. The summed E-state index contributed by atoms with van der Waals surface area (Å²) in [6.07, 6.45) is -17.8. The Morgan fingerprint density at radius 1 is 0.819 bits per heavy atom. The molecule has 3 fully saturated rings. The number of amides is 8. The predicted molar refractivity (Wildman–Crippen MR) is 238 cm³/mol. The first kappa shape index (κ1) is 56.1. The summed E-state index contributed by atoms with van der Waals surface area (Å²) < 4.78 is 41.7. The van der Waals surface area contributed by atoms with Gasteiger partial charge in [-0.1, -0.05) is 31.2 Å². The van der Waals surface area contributed by atoms with Crippen LogP contribution in [0.5, 0.6) is 17.2 Å². The number of aromatic hydroxyl groups is 1. The van der Waals surface area contributed by atoms with E-state index in [-0.39, 0.29) is 5.75 Å². The molecule has 0 aliphatic carbocycles. The fourth-order valence-electron chi connectivity index (χ4n) is 8.25. The third kappa shape index (κ3) is 14.0. The average molecular weight is 1040 g/mol. The Labute approximate surface area is 409 Å². The second kappa shape index (κ2) is 23.6. The molecule has 0 bridgehead atoms. The van der Waals surface area contributed by atoms with E-state index in [1.165, 1.54) is 31.2 Å². The number of carbonyl (C=O) groups excluding carboxylic acids is 8. The molecular weight excluding hydrogens is 985 g/mol. The lowest BCUT2D eigenvalue weighted by Crippen LogP contribution is -2.64. The van der Waals surface area contributed by atoms with Crippen LogP contribution in [0.15, 0.2) is 48.5 Å². The summed E-state index contributed by atoms with van der Waals surface area (Å²) in [5.74, 6) is -12.2. The zero-order valence-corrected chi connectivity index (χ0v) is 39.1. The van der Waals surface area contributed by atoms with Gasteiger partial charge in [0, 0.05) is 38.4 Å². The molecule has 72 heavy (non-hydrogen) atoms. The number of hydrogen-bond acceptors (Lipinski definition) is 20. The number of ether oxygens (including phenoxy) is 1. The van der Waals surface area contributed by atoms with E-state index in [1.54, 1.807) is 6.07 Å². The molecule has 2 aromatic rings. The van der Waals surface area contributed by atoms with Gasteiger partial charge in [-0.15, -0.1) is 0 Å². The number of nitrogens with zero attached hydrogens (tertiary/aromatic N) is 2. The molecule has 5 unspecified atom stereocenters. The van der Waals surface area contributed by atoms with Crippen LogP contribution in [0.1, 0.15) is 44.8 Å². The molecule has 14 atom stereocenters. The van der Waals surface area contributed by atoms with E-state index in [9.17, 15) is 92.2 Å². The number of aliphatic hydroxyl groups is 7. The highest BCUT2D eigenvalue weighted by atomic mass is 32.3. The van der Waals surface area contributed by atoms with Gasteiger partial charge in [-0.2, -0.15) is 8.42 Å². The van der Waals surface area contributed by atoms with Crippen molar-refractivity contribution in [3.05, 3.63) is 54.1 Å². The molecular formula is C42H56N8O21S. The smallest absolute Gasteiger partial charge is 0.446 e. The topological polar surface area (TPSA) is 464 Å². The van der Waals surface area contributed by atoms with Gasteiger partial charge in [0.25, 0.3) is 0 Å². The highest BCUT2D eigenvalue weighted by molar-refractivity contribution is 7.81. The lowest BCUT2D eigenvalue weighted by Gasteiger charge is -2.34. The number of phenolic OH excluding ortho intramolecular Hbond substituents is 1. The van der Waals surface area contributed by atoms with Gasteiger partial charge in [-0.3, -0.25) is 38.1 Å². The Morgan fingerprint density at radius 2 is 1.44 bits per heavy atom. The zero-order chi connectivity index (χ0) is 53.5. The highest BCUT2D eigenvalue weighted by Crippen LogP contribution is 2.33. The molecule has 0 spiro atoms. The van der Waals surface area contributed by atoms with Crippen LogP contribution in [0, 0.1) is 5.92 Å². The number of rotatable bonds is 11. The maximum absolute atomic E-state index is 14.5. The first-order valence-electron chi connectivity index (χ1n) is 22.0. The molecule has 16 N–H and O–H groups in total. The Balaban J connectivity index is 1.61. The number of fused-ring (bicyclic) bond motifs is 2. The summed E-state index contributed by atoms with van der Waals surface area (Å²) in [4.78, 5) is 112. The Hall–Kier alpha value is -6.77. The number of carbonyl (C=O) groups is 8. The van der Waals surface area contributed by atoms with Crippen LogP contribution in [-0.4, -0.2) is 204 Å².